The molecule has 0 N–H and O–H groups in total. The van der Waals surface area contributed by atoms with E-state index in [1.165, 1.54) is 11.3 Å². The molecule has 0 aliphatic carbocycles. The van der Waals surface area contributed by atoms with Crippen LogP contribution in [0.15, 0.2) is 12.1 Å². The van der Waals surface area contributed by atoms with Crippen molar-refractivity contribution in [3.05, 3.63) is 28.4 Å². The summed E-state index contributed by atoms with van der Waals surface area (Å²) in [7, 11) is 3.62. The first-order chi connectivity index (χ1) is 8.60. The summed E-state index contributed by atoms with van der Waals surface area (Å²) in [5.41, 5.74) is 3.44. The molecule has 18 heavy (non-hydrogen) atoms. The van der Waals surface area contributed by atoms with Gasteiger partial charge >= 0.3 is 0 Å². The van der Waals surface area contributed by atoms with Crippen LogP contribution in [0.5, 0.6) is 5.75 Å². The predicted molar refractivity (Wildman–Crippen MR) is 73.2 cm³/mol. The zero-order valence-electron chi connectivity index (χ0n) is 10.7. The lowest BCUT2D eigenvalue weighted by molar-refractivity contribution is 0.415. The fraction of sp³-hybridized carbons (Fsp3) is 0.357. The highest BCUT2D eigenvalue weighted by atomic mass is 35.5. The molecule has 0 radical (unpaired) electrons. The average Bonchev–Trinajstić information content (AvgIpc) is 2.59. The van der Waals surface area contributed by atoms with Crippen LogP contribution in [0.4, 0.5) is 0 Å². The molecule has 0 bridgehead atoms. The molecule has 2 aromatic rings. The van der Waals surface area contributed by atoms with E-state index in [0.29, 0.717) is 17.2 Å². The first kappa shape index (κ1) is 12.8. The molecule has 0 unspecified atom stereocenters. The minimum atomic E-state index is 0.519. The van der Waals surface area contributed by atoms with Gasteiger partial charge in [0.05, 0.1) is 18.2 Å². The number of aromatic nitrogens is 1. The molecule has 0 saturated heterocycles. The van der Waals surface area contributed by atoms with Crippen molar-refractivity contribution in [1.29, 1.82) is 5.26 Å². The van der Waals surface area contributed by atoms with Crippen molar-refractivity contribution in [2.45, 2.75) is 19.8 Å². The minimum absolute atomic E-state index is 0.519. The van der Waals surface area contributed by atoms with Gasteiger partial charge in [0.25, 0.3) is 0 Å². The maximum atomic E-state index is 8.74. The number of aryl methyl sites for hydroxylation is 2. The van der Waals surface area contributed by atoms with E-state index in [4.69, 9.17) is 21.6 Å². The number of methoxy groups -OCH3 is 1. The van der Waals surface area contributed by atoms with Crippen LogP contribution in [-0.2, 0) is 13.5 Å². The van der Waals surface area contributed by atoms with Gasteiger partial charge in [-0.1, -0.05) is 11.6 Å². The van der Waals surface area contributed by atoms with Crippen molar-refractivity contribution >= 4 is 22.5 Å². The second-order valence-electron chi connectivity index (χ2n) is 4.28. The summed E-state index contributed by atoms with van der Waals surface area (Å²) in [5, 5.41) is 10.5. The van der Waals surface area contributed by atoms with Crippen molar-refractivity contribution in [2.75, 3.05) is 7.11 Å². The first-order valence-electron chi connectivity index (χ1n) is 5.78. The maximum Gasteiger partial charge on any atom is 0.138 e. The lowest BCUT2D eigenvalue weighted by Crippen LogP contribution is -1.92. The van der Waals surface area contributed by atoms with Crippen LogP contribution in [0.1, 0.15) is 17.7 Å². The average molecular weight is 263 g/mol. The number of nitrogens with zero attached hydrogens (tertiary/aromatic N) is 2. The van der Waals surface area contributed by atoms with Gasteiger partial charge in [-0.15, -0.1) is 0 Å². The third-order valence-corrected chi connectivity index (χ3v) is 3.68. The van der Waals surface area contributed by atoms with E-state index in [2.05, 4.69) is 17.6 Å². The zero-order valence-corrected chi connectivity index (χ0v) is 11.5. The van der Waals surface area contributed by atoms with Gasteiger partial charge in [0.1, 0.15) is 5.75 Å². The third-order valence-electron chi connectivity index (χ3n) is 3.38. The third kappa shape index (κ3) is 1.93. The molecule has 1 heterocycles. The quantitative estimate of drug-likeness (QED) is 0.848. The summed E-state index contributed by atoms with van der Waals surface area (Å²) in [5.74, 6) is 0.674. The standard InChI is InChI=1S/C14H15ClN2O/c1-9-10(5-4-6-16)11-7-14(18-3)12(15)8-13(11)17(9)2/h7-8H,4-5H2,1-3H3. The molecule has 0 aliphatic heterocycles. The Labute approximate surface area is 112 Å². The van der Waals surface area contributed by atoms with Crippen molar-refractivity contribution in [1.82, 2.24) is 4.57 Å². The topological polar surface area (TPSA) is 37.9 Å². The molecule has 0 amide bonds. The number of benzene rings is 1. The number of hydrogen-bond donors (Lipinski definition) is 0. The largest absolute Gasteiger partial charge is 0.495 e. The van der Waals surface area contributed by atoms with Gasteiger partial charge < -0.3 is 9.30 Å². The maximum absolute atomic E-state index is 8.74. The normalized spacial score (nSPS) is 10.6. The predicted octanol–water partition coefficient (Wildman–Crippen LogP) is 3.60. The Morgan fingerprint density at radius 3 is 2.78 bits per heavy atom. The number of nitriles is 1. The van der Waals surface area contributed by atoms with Crippen LogP contribution < -0.4 is 4.74 Å². The van der Waals surface area contributed by atoms with Crippen LogP contribution in [0, 0.1) is 18.3 Å². The summed E-state index contributed by atoms with van der Waals surface area (Å²) in [4.78, 5) is 0. The Morgan fingerprint density at radius 2 is 2.17 bits per heavy atom. The van der Waals surface area contributed by atoms with Gasteiger partial charge in [0.2, 0.25) is 0 Å². The number of hydrogen-bond acceptors (Lipinski definition) is 2. The molecule has 0 spiro atoms. The number of rotatable bonds is 3. The van der Waals surface area contributed by atoms with Gasteiger partial charge in [-0.3, -0.25) is 0 Å². The number of halogens is 1. The van der Waals surface area contributed by atoms with E-state index >= 15 is 0 Å². The highest BCUT2D eigenvalue weighted by molar-refractivity contribution is 6.32. The van der Waals surface area contributed by atoms with E-state index in [0.717, 1.165) is 17.3 Å². The van der Waals surface area contributed by atoms with Gasteiger partial charge in [0.15, 0.2) is 0 Å². The monoisotopic (exact) mass is 262 g/mol. The summed E-state index contributed by atoms with van der Waals surface area (Å²) >= 11 is 6.15. The lowest BCUT2D eigenvalue weighted by Gasteiger charge is -2.04. The summed E-state index contributed by atoms with van der Waals surface area (Å²) in [6.45, 7) is 2.06. The van der Waals surface area contributed by atoms with Crippen molar-refractivity contribution in [3.63, 3.8) is 0 Å². The van der Waals surface area contributed by atoms with Crippen LogP contribution >= 0.6 is 11.6 Å². The lowest BCUT2D eigenvalue weighted by atomic mass is 10.1. The SMILES string of the molecule is COc1cc2c(CCC#N)c(C)n(C)c2cc1Cl. The van der Waals surface area contributed by atoms with Crippen molar-refractivity contribution in [2.24, 2.45) is 7.05 Å². The Bertz CT molecular complexity index is 638. The molecule has 0 aliphatic rings. The minimum Gasteiger partial charge on any atom is -0.495 e. The molecule has 3 nitrogen and oxygen atoms in total. The Morgan fingerprint density at radius 1 is 1.44 bits per heavy atom. The smallest absolute Gasteiger partial charge is 0.138 e. The van der Waals surface area contributed by atoms with Crippen LogP contribution in [0.25, 0.3) is 10.9 Å². The zero-order chi connectivity index (χ0) is 13.3. The molecule has 1 aromatic carbocycles. The molecule has 2 rings (SSSR count). The van der Waals surface area contributed by atoms with Crippen LogP contribution in [0.2, 0.25) is 5.02 Å². The Hall–Kier alpha value is -1.66. The van der Waals surface area contributed by atoms with E-state index in [1.54, 1.807) is 7.11 Å². The molecular formula is C14H15ClN2O. The van der Waals surface area contributed by atoms with Gasteiger partial charge in [-0.25, -0.2) is 0 Å². The molecule has 0 atom stereocenters. The molecule has 1 aromatic heterocycles. The van der Waals surface area contributed by atoms with Crippen LogP contribution in [0.3, 0.4) is 0 Å². The second kappa shape index (κ2) is 4.91. The number of ether oxygens (including phenoxy) is 1. The van der Waals surface area contributed by atoms with Crippen molar-refractivity contribution in [3.8, 4) is 11.8 Å². The fourth-order valence-corrected chi connectivity index (χ4v) is 2.53. The van der Waals surface area contributed by atoms with E-state index in [9.17, 15) is 0 Å². The van der Waals surface area contributed by atoms with E-state index in [-0.39, 0.29) is 0 Å². The highest BCUT2D eigenvalue weighted by Crippen LogP contribution is 2.34. The highest BCUT2D eigenvalue weighted by Gasteiger charge is 2.14. The second-order valence-corrected chi connectivity index (χ2v) is 4.69. The molecular weight excluding hydrogens is 248 g/mol. The van der Waals surface area contributed by atoms with Crippen molar-refractivity contribution < 1.29 is 4.74 Å². The Balaban J connectivity index is 2.70. The van der Waals surface area contributed by atoms with Gasteiger partial charge in [0, 0.05) is 30.1 Å². The molecule has 94 valence electrons. The molecule has 4 heteroatoms. The molecule has 0 fully saturated rings. The summed E-state index contributed by atoms with van der Waals surface area (Å²) < 4.78 is 7.36. The van der Waals surface area contributed by atoms with E-state index < -0.39 is 0 Å². The van der Waals surface area contributed by atoms with Gasteiger partial charge in [-0.05, 0) is 31.0 Å². The van der Waals surface area contributed by atoms with Gasteiger partial charge in [-0.2, -0.15) is 5.26 Å². The first-order valence-corrected chi connectivity index (χ1v) is 6.16. The van der Waals surface area contributed by atoms with E-state index in [1.807, 2.05) is 19.2 Å². The Kier molecular flexibility index (Phi) is 3.49. The summed E-state index contributed by atoms with van der Waals surface area (Å²) in [6.07, 6.45) is 1.27. The molecule has 0 saturated carbocycles. The summed E-state index contributed by atoms with van der Waals surface area (Å²) in [6, 6.07) is 6.06. The van der Waals surface area contributed by atoms with Crippen LogP contribution in [-0.4, -0.2) is 11.7 Å². The fourth-order valence-electron chi connectivity index (χ4n) is 2.29. The number of fused-ring (bicyclic) bond motifs is 1.